The maximum atomic E-state index is 13.0. The Hall–Kier alpha value is -4.79. The smallest absolute Gasteiger partial charge is 0.406 e. The average Bonchev–Trinajstić information content (AvgIpc) is 2.97. The van der Waals surface area contributed by atoms with Crippen LogP contribution in [0.5, 0.6) is 5.75 Å². The van der Waals surface area contributed by atoms with Gasteiger partial charge in [-0.1, -0.05) is 54.6 Å². The summed E-state index contributed by atoms with van der Waals surface area (Å²) < 4.78 is 41.2. The number of nitrogens with one attached hydrogen (secondary N) is 1. The first-order valence-electron chi connectivity index (χ1n) is 13.6. The summed E-state index contributed by atoms with van der Waals surface area (Å²) in [5.74, 6) is -1.03. The first-order valence-corrected chi connectivity index (χ1v) is 13.6. The molecule has 1 aliphatic heterocycles. The predicted octanol–water partition coefficient (Wildman–Crippen LogP) is 6.79. The van der Waals surface area contributed by atoms with Crippen molar-refractivity contribution in [2.24, 2.45) is 5.73 Å². The van der Waals surface area contributed by atoms with Gasteiger partial charge in [0, 0.05) is 29.9 Å². The summed E-state index contributed by atoms with van der Waals surface area (Å²) in [6.07, 6.45) is -2.95. The highest BCUT2D eigenvalue weighted by molar-refractivity contribution is 5.99. The third-order valence-electron chi connectivity index (χ3n) is 7.35. The minimum Gasteiger partial charge on any atom is -0.406 e. The van der Waals surface area contributed by atoms with Crippen molar-refractivity contribution in [3.8, 4) is 16.9 Å². The van der Waals surface area contributed by atoms with Gasteiger partial charge in [-0.15, -0.1) is 13.2 Å². The van der Waals surface area contributed by atoms with E-state index in [4.69, 9.17) is 5.73 Å². The van der Waals surface area contributed by atoms with E-state index < -0.39 is 18.3 Å². The van der Waals surface area contributed by atoms with E-state index in [2.05, 4.69) is 15.0 Å². The molecule has 4 aromatic carbocycles. The molecule has 42 heavy (non-hydrogen) atoms. The monoisotopic (exact) mass is 573 g/mol. The lowest BCUT2D eigenvalue weighted by molar-refractivity contribution is -0.274. The minimum absolute atomic E-state index is 0.259. The van der Waals surface area contributed by atoms with Crippen molar-refractivity contribution < 1.29 is 27.5 Å². The molecule has 216 valence electrons. The van der Waals surface area contributed by atoms with Crippen molar-refractivity contribution in [2.75, 3.05) is 11.4 Å². The highest BCUT2D eigenvalue weighted by Gasteiger charge is 2.31. The molecule has 0 aromatic heterocycles. The number of fused-ring (bicyclic) bond motifs is 1. The SMILES string of the molecule is C[C@H](NC(=O)c1ccc2c(c1)CCCN2Cc1ccc(-c2ccccc2C(N)=O)cc1)c1ccc(OC(F)(F)F)cc1. The molecule has 0 unspecified atom stereocenters. The molecule has 1 atom stereocenters. The lowest BCUT2D eigenvalue weighted by Crippen LogP contribution is -2.30. The lowest BCUT2D eigenvalue weighted by atomic mass is 9.96. The van der Waals surface area contributed by atoms with Crippen molar-refractivity contribution in [1.82, 2.24) is 5.32 Å². The van der Waals surface area contributed by atoms with Crippen molar-refractivity contribution in [2.45, 2.75) is 38.7 Å². The minimum atomic E-state index is -4.76. The van der Waals surface area contributed by atoms with Gasteiger partial charge in [-0.25, -0.2) is 0 Å². The van der Waals surface area contributed by atoms with E-state index in [1.807, 2.05) is 48.5 Å². The fraction of sp³-hybridized carbons (Fsp3) is 0.212. The standard InChI is InChI=1S/C33H30F3N3O3/c1-21(23-12-15-27(16-13-23)42-33(34,35)36)38-32(41)26-14-17-30-25(19-26)5-4-18-39(30)20-22-8-10-24(11-9-22)28-6-2-3-7-29(28)31(37)40/h2-3,6-17,19,21H,4-5,18,20H2,1H3,(H2,37,40)(H,38,41)/t21-/m0/s1. The fourth-order valence-corrected chi connectivity index (χ4v) is 5.26. The topological polar surface area (TPSA) is 84.7 Å². The number of rotatable bonds is 8. The third-order valence-corrected chi connectivity index (χ3v) is 7.35. The third kappa shape index (κ3) is 6.74. The largest absolute Gasteiger partial charge is 0.573 e. The number of nitrogens with zero attached hydrogens (tertiary/aromatic N) is 1. The van der Waals surface area contributed by atoms with Crippen LogP contribution in [0.4, 0.5) is 18.9 Å². The molecule has 1 aliphatic rings. The summed E-state index contributed by atoms with van der Waals surface area (Å²) in [6, 6.07) is 26.1. The molecular formula is C33H30F3N3O3. The van der Waals surface area contributed by atoms with Gasteiger partial charge in [-0.05, 0) is 84.0 Å². The Morgan fingerprint density at radius 1 is 0.976 bits per heavy atom. The first kappa shape index (κ1) is 28.7. The van der Waals surface area contributed by atoms with Crippen LogP contribution in [0, 0.1) is 0 Å². The molecule has 2 amide bonds. The van der Waals surface area contributed by atoms with Gasteiger partial charge >= 0.3 is 6.36 Å². The molecule has 1 heterocycles. The molecule has 0 saturated heterocycles. The summed E-state index contributed by atoms with van der Waals surface area (Å²) in [6.45, 7) is 3.35. The van der Waals surface area contributed by atoms with Gasteiger partial charge in [0.2, 0.25) is 5.91 Å². The van der Waals surface area contributed by atoms with E-state index in [0.29, 0.717) is 23.2 Å². The molecule has 6 nitrogen and oxygen atoms in total. The van der Waals surface area contributed by atoms with Crippen LogP contribution in [0.25, 0.3) is 11.1 Å². The molecule has 0 aliphatic carbocycles. The van der Waals surface area contributed by atoms with Crippen LogP contribution in [0.3, 0.4) is 0 Å². The fourth-order valence-electron chi connectivity index (χ4n) is 5.26. The number of ether oxygens (including phenoxy) is 1. The Labute approximate surface area is 241 Å². The Kier molecular flexibility index (Phi) is 8.20. The number of carbonyl (C=O) groups is 2. The normalized spacial score (nSPS) is 13.7. The zero-order valence-corrected chi connectivity index (χ0v) is 22.9. The van der Waals surface area contributed by atoms with E-state index in [1.54, 1.807) is 25.1 Å². The molecule has 3 N–H and O–H groups in total. The van der Waals surface area contributed by atoms with Gasteiger partial charge < -0.3 is 20.7 Å². The molecule has 0 radical (unpaired) electrons. The second kappa shape index (κ2) is 12.0. The van der Waals surface area contributed by atoms with Gasteiger partial charge in [0.1, 0.15) is 5.75 Å². The molecule has 5 rings (SSSR count). The van der Waals surface area contributed by atoms with Crippen molar-refractivity contribution in [3.05, 3.63) is 119 Å². The quantitative estimate of drug-likeness (QED) is 0.243. The van der Waals surface area contributed by atoms with Gasteiger partial charge in [-0.2, -0.15) is 0 Å². The maximum Gasteiger partial charge on any atom is 0.573 e. The molecule has 0 bridgehead atoms. The van der Waals surface area contributed by atoms with Crippen molar-refractivity contribution in [3.63, 3.8) is 0 Å². The highest BCUT2D eigenvalue weighted by atomic mass is 19.4. The van der Waals surface area contributed by atoms with Crippen molar-refractivity contribution >= 4 is 17.5 Å². The van der Waals surface area contributed by atoms with Gasteiger partial charge in [0.15, 0.2) is 0 Å². The number of halogens is 3. The summed E-state index contributed by atoms with van der Waals surface area (Å²) in [7, 11) is 0. The molecule has 0 spiro atoms. The second-order valence-electron chi connectivity index (χ2n) is 10.3. The van der Waals surface area contributed by atoms with Gasteiger partial charge in [0.25, 0.3) is 5.91 Å². The number of hydrogen-bond donors (Lipinski definition) is 2. The van der Waals surface area contributed by atoms with E-state index in [-0.39, 0.29) is 11.7 Å². The zero-order valence-electron chi connectivity index (χ0n) is 22.9. The van der Waals surface area contributed by atoms with Crippen LogP contribution in [-0.4, -0.2) is 24.7 Å². The van der Waals surface area contributed by atoms with Gasteiger partial charge in [0.05, 0.1) is 6.04 Å². The molecule has 4 aromatic rings. The Bertz CT molecular complexity index is 1590. The van der Waals surface area contributed by atoms with Gasteiger partial charge in [-0.3, -0.25) is 9.59 Å². The molecular weight excluding hydrogens is 543 g/mol. The number of carbonyl (C=O) groups excluding carboxylic acids is 2. The number of benzene rings is 4. The molecule has 0 saturated carbocycles. The number of hydrogen-bond acceptors (Lipinski definition) is 4. The highest BCUT2D eigenvalue weighted by Crippen LogP contribution is 2.31. The van der Waals surface area contributed by atoms with Crippen molar-refractivity contribution in [1.29, 1.82) is 0 Å². The zero-order chi connectivity index (χ0) is 29.9. The summed E-state index contributed by atoms with van der Waals surface area (Å²) in [5, 5.41) is 2.92. The molecule has 9 heteroatoms. The number of amides is 2. The number of nitrogens with two attached hydrogens (primary N) is 1. The Morgan fingerprint density at radius 2 is 1.69 bits per heavy atom. The van der Waals surface area contributed by atoms with Crippen LogP contribution in [0.2, 0.25) is 0 Å². The number of aryl methyl sites for hydroxylation is 1. The first-order chi connectivity index (χ1) is 20.1. The number of anilines is 1. The van der Waals surface area contributed by atoms with Crippen LogP contribution in [-0.2, 0) is 13.0 Å². The summed E-state index contributed by atoms with van der Waals surface area (Å²) in [5.41, 5.74) is 12.2. The van der Waals surface area contributed by atoms with E-state index >= 15 is 0 Å². The van der Waals surface area contributed by atoms with Crippen LogP contribution in [0.15, 0.2) is 91.0 Å². The number of primary amides is 1. The van der Waals surface area contributed by atoms with E-state index in [0.717, 1.165) is 47.3 Å². The average molecular weight is 574 g/mol. The van der Waals surface area contributed by atoms with E-state index in [1.165, 1.54) is 24.3 Å². The van der Waals surface area contributed by atoms with Crippen LogP contribution in [0.1, 0.15) is 56.8 Å². The lowest BCUT2D eigenvalue weighted by Gasteiger charge is -2.32. The second-order valence-corrected chi connectivity index (χ2v) is 10.3. The summed E-state index contributed by atoms with van der Waals surface area (Å²) in [4.78, 5) is 27.2. The molecule has 0 fully saturated rings. The number of alkyl halides is 3. The van der Waals surface area contributed by atoms with Crippen LogP contribution >= 0.6 is 0 Å². The summed E-state index contributed by atoms with van der Waals surface area (Å²) >= 11 is 0. The van der Waals surface area contributed by atoms with E-state index in [9.17, 15) is 22.8 Å². The Balaban J connectivity index is 1.25. The predicted molar refractivity (Wildman–Crippen MR) is 155 cm³/mol. The van der Waals surface area contributed by atoms with Crippen LogP contribution < -0.4 is 20.7 Å². The Morgan fingerprint density at radius 3 is 2.38 bits per heavy atom. The maximum absolute atomic E-state index is 13.0.